The molecule has 184 valence electrons. The average Bonchev–Trinajstić information content (AvgIpc) is 3.26. The summed E-state index contributed by atoms with van der Waals surface area (Å²) < 4.78 is 41.9. The van der Waals surface area contributed by atoms with E-state index in [0.29, 0.717) is 0 Å². The van der Waals surface area contributed by atoms with Gasteiger partial charge in [-0.05, 0) is 0 Å². The summed E-state index contributed by atoms with van der Waals surface area (Å²) in [5.74, 6) is -2.04. The van der Waals surface area contributed by atoms with Gasteiger partial charge in [0, 0.05) is 0 Å². The first kappa shape index (κ1) is 25.5. The highest BCUT2D eigenvalue weighted by molar-refractivity contribution is 7.59. The molecule has 2 aromatic heterocycles. The number of fused-ring (bicyclic) bond motifs is 1. The van der Waals surface area contributed by atoms with Crippen molar-refractivity contribution in [3.63, 3.8) is 0 Å². The fraction of sp³-hybridized carbons (Fsp3) is 0.538. The number of anilines is 1. The van der Waals surface area contributed by atoms with Gasteiger partial charge in [0.1, 0.15) is 36.3 Å². The minimum atomic E-state index is -5.67. The molecule has 18 nitrogen and oxygen atoms in total. The molecule has 1 fully saturated rings. The number of aliphatic hydroxyl groups is 3. The normalized spacial score (nSPS) is 27.8. The molecule has 0 spiro atoms. The summed E-state index contributed by atoms with van der Waals surface area (Å²) in [6.07, 6.45) is -6.16. The van der Waals surface area contributed by atoms with Crippen LogP contribution in [0.3, 0.4) is 0 Å². The number of rotatable bonds is 10. The number of carboxylic acid groups (broad SMARTS) is 1. The molecule has 0 saturated carbocycles. The number of phosphoric ester groups is 2. The fourth-order valence-corrected chi connectivity index (χ4v) is 4.73. The van der Waals surface area contributed by atoms with E-state index in [1.807, 2.05) is 0 Å². The van der Waals surface area contributed by atoms with E-state index in [0.717, 1.165) is 6.33 Å². The van der Waals surface area contributed by atoms with Crippen LogP contribution in [0.4, 0.5) is 5.82 Å². The van der Waals surface area contributed by atoms with Crippen molar-refractivity contribution in [1.82, 2.24) is 19.5 Å². The molecule has 5 N–H and O–H groups in total. The van der Waals surface area contributed by atoms with Crippen LogP contribution in [0.15, 0.2) is 12.7 Å². The Bertz CT molecular complexity index is 1110. The summed E-state index contributed by atoms with van der Waals surface area (Å²) in [5, 5.41) is 39.7. The van der Waals surface area contributed by atoms with Crippen LogP contribution in [0.25, 0.3) is 11.2 Å². The highest BCUT2D eigenvalue weighted by atomic mass is 31.3. The molecule has 1 saturated heterocycles. The number of carboxylic acids is 1. The zero-order valence-electron chi connectivity index (χ0n) is 16.1. The standard InChI is InChI=1S/C13H19N5O13P2/c14-10-7-11(16-3-15-10)18(4-17-7)12-9(21)8(20)6(30-12)2-29-33(26,27)31-32(24,25)28-1-5(19)13(22)23/h3-6,8-9,12,19-21H,1-2H2,(H,22,23)(H,24,25)(H,26,27)(H2,14,15,16)/p-3/t5?,6-,8-,9-,12-/m1/s1. The molecule has 3 rings (SSSR count). The van der Waals surface area contributed by atoms with Gasteiger partial charge in [-0.3, -0.25) is 13.7 Å². The Balaban J connectivity index is 1.62. The lowest BCUT2D eigenvalue weighted by Crippen LogP contribution is -2.38. The Morgan fingerprint density at radius 1 is 1.21 bits per heavy atom. The summed E-state index contributed by atoms with van der Waals surface area (Å²) in [5.41, 5.74) is 5.99. The number of nitrogen functional groups attached to an aromatic ring is 1. The first-order valence-electron chi connectivity index (χ1n) is 8.77. The largest absolute Gasteiger partial charge is 0.756 e. The molecule has 33 heavy (non-hydrogen) atoms. The van der Waals surface area contributed by atoms with Crippen molar-refractivity contribution in [3.8, 4) is 0 Å². The summed E-state index contributed by atoms with van der Waals surface area (Å²) in [4.78, 5) is 45.3. The third kappa shape index (κ3) is 5.89. The number of aromatic nitrogens is 4. The number of imidazole rings is 1. The van der Waals surface area contributed by atoms with Crippen molar-refractivity contribution in [1.29, 1.82) is 0 Å². The zero-order valence-corrected chi connectivity index (χ0v) is 17.9. The Kier molecular flexibility index (Phi) is 7.47. The highest BCUT2D eigenvalue weighted by Gasteiger charge is 2.45. The summed E-state index contributed by atoms with van der Waals surface area (Å²) in [6.45, 7) is -2.38. The van der Waals surface area contributed by atoms with Crippen LogP contribution in [0.1, 0.15) is 6.23 Å². The summed E-state index contributed by atoms with van der Waals surface area (Å²) in [7, 11) is -11.3. The monoisotopic (exact) mass is 512 g/mol. The Morgan fingerprint density at radius 2 is 1.88 bits per heavy atom. The molecule has 20 heteroatoms. The second-order valence-corrected chi connectivity index (χ2v) is 9.49. The van der Waals surface area contributed by atoms with E-state index in [9.17, 15) is 39.0 Å². The van der Waals surface area contributed by atoms with Gasteiger partial charge in [-0.25, -0.2) is 19.3 Å². The molecule has 7 atom stereocenters. The first-order chi connectivity index (χ1) is 15.3. The predicted molar refractivity (Wildman–Crippen MR) is 94.9 cm³/mol. The molecule has 3 unspecified atom stereocenters. The van der Waals surface area contributed by atoms with Gasteiger partial charge in [0.2, 0.25) is 0 Å². The van der Waals surface area contributed by atoms with Crippen molar-refractivity contribution in [2.45, 2.75) is 30.6 Å². The smallest absolute Gasteiger partial charge is 0.274 e. The van der Waals surface area contributed by atoms with Crippen molar-refractivity contribution in [2.75, 3.05) is 18.9 Å². The summed E-state index contributed by atoms with van der Waals surface area (Å²) >= 11 is 0. The Labute approximate surface area is 183 Å². The van der Waals surface area contributed by atoms with E-state index < -0.39 is 65.5 Å². The molecule has 0 aromatic carbocycles. The number of hydrogen-bond acceptors (Lipinski definition) is 17. The van der Waals surface area contributed by atoms with Crippen LogP contribution >= 0.6 is 15.6 Å². The van der Waals surface area contributed by atoms with Gasteiger partial charge < -0.3 is 54.5 Å². The van der Waals surface area contributed by atoms with Gasteiger partial charge in [-0.15, -0.1) is 0 Å². The number of nitrogens with two attached hydrogens (primary N) is 1. The zero-order chi connectivity index (χ0) is 24.6. The molecule has 3 heterocycles. The molecule has 1 aliphatic rings. The fourth-order valence-electron chi connectivity index (χ4n) is 2.72. The molecule has 0 radical (unpaired) electrons. The molecule has 0 amide bonds. The number of carbonyl (C=O) groups excluding carboxylic acids is 1. The lowest BCUT2D eigenvalue weighted by molar-refractivity contribution is -0.316. The van der Waals surface area contributed by atoms with E-state index in [-0.39, 0.29) is 17.0 Å². The topological polar surface area (TPSA) is 288 Å². The number of hydrogen-bond donors (Lipinski definition) is 4. The number of phosphoric acid groups is 2. The minimum absolute atomic E-state index is 0.0347. The van der Waals surface area contributed by atoms with Gasteiger partial charge in [0.25, 0.3) is 15.6 Å². The van der Waals surface area contributed by atoms with E-state index in [4.69, 9.17) is 15.6 Å². The van der Waals surface area contributed by atoms with Gasteiger partial charge >= 0.3 is 0 Å². The van der Waals surface area contributed by atoms with Crippen LogP contribution in [-0.4, -0.2) is 78.4 Å². The quantitative estimate of drug-likeness (QED) is 0.217. The molecular formula is C13H16N5O13P2-3. The molecule has 0 aliphatic carbocycles. The summed E-state index contributed by atoms with van der Waals surface area (Å²) in [6, 6.07) is 0. The van der Waals surface area contributed by atoms with Crippen molar-refractivity contribution < 1.29 is 62.2 Å². The van der Waals surface area contributed by atoms with Crippen LogP contribution < -0.4 is 20.6 Å². The molecular weight excluding hydrogens is 496 g/mol. The van der Waals surface area contributed by atoms with Gasteiger partial charge in [-0.2, -0.15) is 0 Å². The number of ether oxygens (including phenoxy) is 1. The van der Waals surface area contributed by atoms with Crippen molar-refractivity contribution >= 4 is 38.6 Å². The molecule has 1 aliphatic heterocycles. The lowest BCUT2D eigenvalue weighted by Gasteiger charge is -2.31. The maximum Gasteiger partial charge on any atom is 0.274 e. The lowest BCUT2D eigenvalue weighted by atomic mass is 10.1. The van der Waals surface area contributed by atoms with Crippen LogP contribution in [0.2, 0.25) is 0 Å². The molecule has 2 aromatic rings. The second kappa shape index (κ2) is 9.65. The van der Waals surface area contributed by atoms with Crippen LogP contribution in [-0.2, 0) is 32.0 Å². The van der Waals surface area contributed by atoms with Crippen LogP contribution in [0, 0.1) is 0 Å². The third-order valence-corrected chi connectivity index (χ3v) is 6.79. The van der Waals surface area contributed by atoms with Gasteiger partial charge in [0.05, 0.1) is 25.5 Å². The van der Waals surface area contributed by atoms with Crippen LogP contribution in [0.5, 0.6) is 0 Å². The van der Waals surface area contributed by atoms with Gasteiger partial charge in [0.15, 0.2) is 17.7 Å². The Hall–Kier alpha value is -2.08. The van der Waals surface area contributed by atoms with Crippen molar-refractivity contribution in [3.05, 3.63) is 12.7 Å². The Morgan fingerprint density at radius 3 is 2.55 bits per heavy atom. The predicted octanol–water partition coefficient (Wildman–Crippen LogP) is -4.87. The van der Waals surface area contributed by atoms with E-state index in [1.165, 1.54) is 10.9 Å². The average molecular weight is 512 g/mol. The van der Waals surface area contributed by atoms with E-state index in [2.05, 4.69) is 28.3 Å². The second-order valence-electron chi connectivity index (χ2n) is 6.53. The number of carbonyl (C=O) groups is 1. The van der Waals surface area contributed by atoms with E-state index in [1.54, 1.807) is 0 Å². The highest BCUT2D eigenvalue weighted by Crippen LogP contribution is 2.55. The molecule has 0 bridgehead atoms. The van der Waals surface area contributed by atoms with E-state index >= 15 is 0 Å². The number of aliphatic hydroxyl groups excluding tert-OH is 3. The minimum Gasteiger partial charge on any atom is -0.756 e. The SMILES string of the molecule is Nc1ncnc2c1ncn2[C@@H]1O[C@H](COP(=O)([O-])OP(=O)([O-])OCC(O)C(=O)[O-])[C@@H](O)[C@H]1O. The maximum atomic E-state index is 11.8. The third-order valence-electron chi connectivity index (χ3n) is 4.26. The number of aliphatic carboxylic acids is 1. The van der Waals surface area contributed by atoms with Crippen molar-refractivity contribution in [2.24, 2.45) is 0 Å². The van der Waals surface area contributed by atoms with Gasteiger partial charge in [-0.1, -0.05) is 0 Å². The first-order valence-corrected chi connectivity index (χ1v) is 11.7. The number of nitrogens with zero attached hydrogens (tertiary/aromatic N) is 4. The maximum absolute atomic E-state index is 11.8.